The number of esters is 1. The number of rotatable bonds is 12. The second-order valence-corrected chi connectivity index (χ2v) is 28.4. The van der Waals surface area contributed by atoms with Crippen LogP contribution in [0.25, 0.3) is 0 Å². The molecule has 7 heteroatoms. The number of carbonyl (C=O) groups is 1. The van der Waals surface area contributed by atoms with Gasteiger partial charge in [-0.3, -0.25) is 0 Å². The van der Waals surface area contributed by atoms with Crippen LogP contribution in [0.4, 0.5) is 0 Å². The molecule has 0 saturated heterocycles. The molecule has 48 heavy (non-hydrogen) atoms. The van der Waals surface area contributed by atoms with Crippen molar-refractivity contribution in [3.63, 3.8) is 0 Å². The summed E-state index contributed by atoms with van der Waals surface area (Å²) in [5.74, 6) is -0.839. The van der Waals surface area contributed by atoms with Gasteiger partial charge in [0.1, 0.15) is 12.2 Å². The van der Waals surface area contributed by atoms with E-state index in [4.69, 9.17) is 18.3 Å². The molecule has 0 amide bonds. The smallest absolute Gasteiger partial charge is 0.332 e. The zero-order valence-corrected chi connectivity index (χ0v) is 35.7. The van der Waals surface area contributed by atoms with E-state index in [1.807, 2.05) is 13.8 Å². The molecule has 0 radical (unpaired) electrons. The van der Waals surface area contributed by atoms with Gasteiger partial charge in [-0.05, 0) is 111 Å². The summed E-state index contributed by atoms with van der Waals surface area (Å²) < 4.78 is 27.2. The Morgan fingerprint density at radius 3 is 2.19 bits per heavy atom. The molecule has 0 bridgehead atoms. The van der Waals surface area contributed by atoms with Crippen LogP contribution in [0.15, 0.2) is 47.1 Å². The molecule has 2 fully saturated rings. The molecule has 0 aliphatic heterocycles. The van der Waals surface area contributed by atoms with Gasteiger partial charge < -0.3 is 18.3 Å². The van der Waals surface area contributed by atoms with E-state index in [1.165, 1.54) is 18.4 Å². The molecular formula is C41H72O5Si2. The highest BCUT2D eigenvalue weighted by atomic mass is 28.4. The zero-order chi connectivity index (χ0) is 36.6. The lowest BCUT2D eigenvalue weighted by atomic mass is 9.64. The maximum atomic E-state index is 13.3. The Morgan fingerprint density at radius 2 is 1.62 bits per heavy atom. The van der Waals surface area contributed by atoms with E-state index in [0.29, 0.717) is 18.8 Å². The van der Waals surface area contributed by atoms with Crippen molar-refractivity contribution in [3.8, 4) is 0 Å². The molecule has 0 aromatic rings. The van der Waals surface area contributed by atoms with Crippen molar-refractivity contribution in [2.45, 2.75) is 188 Å². The second-order valence-electron chi connectivity index (χ2n) is 18.9. The van der Waals surface area contributed by atoms with E-state index in [1.54, 1.807) is 5.57 Å². The minimum absolute atomic E-state index is 0.0219. The fraction of sp³-hybridized carbons (Fsp3) is 0.780. The molecule has 0 heterocycles. The first-order valence-corrected chi connectivity index (χ1v) is 24.7. The lowest BCUT2D eigenvalue weighted by Crippen LogP contribution is -2.56. The molecule has 5 nitrogen and oxygen atoms in total. The van der Waals surface area contributed by atoms with Crippen molar-refractivity contribution in [2.24, 2.45) is 11.3 Å². The molecule has 2 saturated carbocycles. The van der Waals surface area contributed by atoms with E-state index in [2.05, 4.69) is 113 Å². The van der Waals surface area contributed by atoms with Crippen molar-refractivity contribution in [3.05, 3.63) is 47.1 Å². The van der Waals surface area contributed by atoms with Crippen LogP contribution in [0.1, 0.15) is 134 Å². The molecule has 0 aromatic heterocycles. The van der Waals surface area contributed by atoms with Crippen LogP contribution in [-0.4, -0.2) is 46.7 Å². The fourth-order valence-corrected chi connectivity index (χ4v) is 10.3. The summed E-state index contributed by atoms with van der Waals surface area (Å²) in [5, 5.41) is -0.0316. The average molecular weight is 701 g/mol. The topological polar surface area (TPSA) is 54.0 Å². The third-order valence-corrected chi connectivity index (χ3v) is 21.5. The van der Waals surface area contributed by atoms with E-state index in [0.717, 1.165) is 43.3 Å². The van der Waals surface area contributed by atoms with Crippen LogP contribution in [0.5, 0.6) is 0 Å². The summed E-state index contributed by atoms with van der Waals surface area (Å²) in [4.78, 5) is 13.3. The molecule has 274 valence electrons. The fourth-order valence-electron chi connectivity index (χ4n) is 7.58. The van der Waals surface area contributed by atoms with Crippen molar-refractivity contribution in [1.29, 1.82) is 0 Å². The highest BCUT2D eigenvalue weighted by Gasteiger charge is 2.52. The second kappa shape index (κ2) is 14.8. The van der Waals surface area contributed by atoms with E-state index in [9.17, 15) is 4.79 Å². The minimum atomic E-state index is -2.37. The number of ether oxygens (including phenoxy) is 2. The first-order valence-electron chi connectivity index (χ1n) is 18.8. The number of hydrogen-bond acceptors (Lipinski definition) is 5. The van der Waals surface area contributed by atoms with Gasteiger partial charge in [-0.25, -0.2) is 4.79 Å². The number of carbonyl (C=O) groups excluding carboxylic acids is 1. The molecule has 4 atom stereocenters. The van der Waals surface area contributed by atoms with Crippen LogP contribution in [0.3, 0.4) is 0 Å². The lowest BCUT2D eigenvalue weighted by Gasteiger charge is -2.51. The first-order chi connectivity index (χ1) is 21.8. The largest absolute Gasteiger partial charge is 0.458 e. The monoisotopic (exact) mass is 700 g/mol. The highest BCUT2D eigenvalue weighted by molar-refractivity contribution is 6.74. The van der Waals surface area contributed by atoms with Crippen molar-refractivity contribution in [2.75, 3.05) is 6.61 Å². The van der Waals surface area contributed by atoms with Crippen molar-refractivity contribution < 1.29 is 23.1 Å². The van der Waals surface area contributed by atoms with Gasteiger partial charge in [0.25, 0.3) is 0 Å². The summed E-state index contributed by atoms with van der Waals surface area (Å²) in [6.45, 7) is 38.0. The standard InChI is InChI=1S/C41H72O5Si2/c1-17-25-39(10,11)44-36(42)29-43-41(46-48(15,16)38(7,8)9)27-32(30(3)35(28-41)45-47(13,14)37(4,5)6)22-21-31-20-19-26-40(12)33(18-2)23-24-34(31)40/h21-23,34-35H,3,17-20,24-29H2,1-2,4-16H3/t34-,35-,40+,41+/m0/s1. The van der Waals surface area contributed by atoms with E-state index < -0.39 is 28.0 Å². The van der Waals surface area contributed by atoms with Gasteiger partial charge in [-0.15, -0.1) is 0 Å². The predicted octanol–water partition coefficient (Wildman–Crippen LogP) is 12.0. The van der Waals surface area contributed by atoms with Crippen LogP contribution in [0.2, 0.25) is 36.3 Å². The normalized spacial score (nSPS) is 29.3. The number of hydrogen-bond donors (Lipinski definition) is 0. The molecule has 3 rings (SSSR count). The number of allylic oxidation sites excluding steroid dienone is 5. The summed E-state index contributed by atoms with van der Waals surface area (Å²) in [6.07, 6.45) is 15.5. The number of fused-ring (bicyclic) bond motifs is 1. The Morgan fingerprint density at radius 1 is 1.00 bits per heavy atom. The Kier molecular flexibility index (Phi) is 12.7. The summed E-state index contributed by atoms with van der Waals surface area (Å²) in [6, 6.07) is 0. The molecular weight excluding hydrogens is 629 g/mol. The molecule has 3 aliphatic carbocycles. The minimum Gasteiger partial charge on any atom is -0.458 e. The van der Waals surface area contributed by atoms with Gasteiger partial charge in [0.15, 0.2) is 22.4 Å². The maximum absolute atomic E-state index is 13.3. The Bertz CT molecular complexity index is 1270. The van der Waals surface area contributed by atoms with Gasteiger partial charge in [0.2, 0.25) is 0 Å². The molecule has 3 aliphatic rings. The van der Waals surface area contributed by atoms with Gasteiger partial charge in [0.05, 0.1) is 6.10 Å². The van der Waals surface area contributed by atoms with Gasteiger partial charge in [0, 0.05) is 12.8 Å². The van der Waals surface area contributed by atoms with Crippen LogP contribution >= 0.6 is 0 Å². The lowest BCUT2D eigenvalue weighted by molar-refractivity contribution is -0.219. The van der Waals surface area contributed by atoms with Crippen molar-refractivity contribution in [1.82, 2.24) is 0 Å². The summed E-state index contributed by atoms with van der Waals surface area (Å²) >= 11 is 0. The first kappa shape index (κ1) is 41.2. The quantitative estimate of drug-likeness (QED) is 0.0878. The SMILES string of the molecule is C=C1C(=CC=C2CCC[C@]3(C)C(CC)=CC[C@@H]23)C[C@@](OCC(=O)OC(C)(C)CCC)(O[Si](C)(C)C(C)(C)C)C[C@@H]1O[Si](C)(C)C(C)(C)C. The van der Waals surface area contributed by atoms with Crippen LogP contribution < -0.4 is 0 Å². The van der Waals surface area contributed by atoms with Crippen LogP contribution in [0, 0.1) is 11.3 Å². The molecule has 0 N–H and O–H groups in total. The molecule has 0 spiro atoms. The predicted molar refractivity (Wildman–Crippen MR) is 207 cm³/mol. The highest BCUT2D eigenvalue weighted by Crippen LogP contribution is 2.56. The third-order valence-electron chi connectivity index (χ3n) is 12.5. The average Bonchev–Trinajstić information content (AvgIpc) is 3.27. The van der Waals surface area contributed by atoms with Crippen LogP contribution in [-0.2, 0) is 23.1 Å². The zero-order valence-electron chi connectivity index (χ0n) is 33.7. The van der Waals surface area contributed by atoms with Gasteiger partial charge in [-0.1, -0.05) is 105 Å². The third kappa shape index (κ3) is 9.34. The Balaban J connectivity index is 2.10. The van der Waals surface area contributed by atoms with Crippen molar-refractivity contribution >= 4 is 22.6 Å². The molecule has 0 unspecified atom stereocenters. The Labute approximate surface area is 297 Å². The summed E-state index contributed by atoms with van der Waals surface area (Å²) in [7, 11) is -4.57. The Hall–Kier alpha value is -1.26. The maximum Gasteiger partial charge on any atom is 0.332 e. The summed E-state index contributed by atoms with van der Waals surface area (Å²) in [5.41, 5.74) is 4.99. The van der Waals surface area contributed by atoms with Gasteiger partial charge in [-0.2, -0.15) is 0 Å². The van der Waals surface area contributed by atoms with E-state index in [-0.39, 0.29) is 34.2 Å². The van der Waals surface area contributed by atoms with Gasteiger partial charge >= 0.3 is 5.97 Å². The van der Waals surface area contributed by atoms with E-state index >= 15 is 0 Å². The molecule has 0 aromatic carbocycles.